The summed E-state index contributed by atoms with van der Waals surface area (Å²) in [6.45, 7) is 6.00. The Labute approximate surface area is 106 Å². The average Bonchev–Trinajstić information content (AvgIpc) is 2.27. The minimum Gasteiger partial charge on any atom is -0.481 e. The van der Waals surface area contributed by atoms with E-state index in [1.54, 1.807) is 18.3 Å². The highest BCUT2D eigenvalue weighted by molar-refractivity contribution is 6.30. The lowest BCUT2D eigenvalue weighted by Crippen LogP contribution is -2.38. The van der Waals surface area contributed by atoms with Crippen molar-refractivity contribution < 1.29 is 9.53 Å². The second-order valence-electron chi connectivity index (χ2n) is 4.18. The smallest absolute Gasteiger partial charge is 0.258 e. The van der Waals surface area contributed by atoms with Gasteiger partial charge in [0.25, 0.3) is 5.91 Å². The van der Waals surface area contributed by atoms with Crippen LogP contribution in [0.1, 0.15) is 20.8 Å². The van der Waals surface area contributed by atoms with Crippen LogP contribution in [0, 0.1) is 5.92 Å². The number of rotatable bonds is 5. The molecular weight excluding hydrogens is 240 g/mol. The maximum atomic E-state index is 11.5. The molecule has 0 saturated heterocycles. The molecule has 1 aromatic heterocycles. The minimum atomic E-state index is -0.161. The molecule has 1 N–H and O–H groups in total. The van der Waals surface area contributed by atoms with Crippen LogP contribution in [0.4, 0.5) is 0 Å². The van der Waals surface area contributed by atoms with Gasteiger partial charge in [0.1, 0.15) is 0 Å². The number of pyridine rings is 1. The Kier molecular flexibility index (Phi) is 5.22. The highest BCUT2D eigenvalue weighted by Gasteiger charge is 2.11. The van der Waals surface area contributed by atoms with Crippen molar-refractivity contribution >= 4 is 17.5 Å². The van der Waals surface area contributed by atoms with Gasteiger partial charge in [0.2, 0.25) is 0 Å². The maximum absolute atomic E-state index is 11.5. The van der Waals surface area contributed by atoms with Crippen LogP contribution in [0.5, 0.6) is 5.75 Å². The second kappa shape index (κ2) is 6.45. The van der Waals surface area contributed by atoms with Gasteiger partial charge in [-0.05, 0) is 25.0 Å². The average molecular weight is 257 g/mol. The minimum absolute atomic E-state index is 0.0531. The number of nitrogens with zero attached hydrogens (tertiary/aromatic N) is 1. The summed E-state index contributed by atoms with van der Waals surface area (Å²) < 4.78 is 5.27. The monoisotopic (exact) mass is 256 g/mol. The fourth-order valence-corrected chi connectivity index (χ4v) is 1.26. The summed E-state index contributed by atoms with van der Waals surface area (Å²) >= 11 is 5.80. The van der Waals surface area contributed by atoms with Gasteiger partial charge >= 0.3 is 0 Å². The molecule has 1 atom stereocenters. The Morgan fingerprint density at radius 2 is 2.24 bits per heavy atom. The van der Waals surface area contributed by atoms with Crippen LogP contribution in [-0.2, 0) is 4.79 Å². The zero-order valence-electron chi connectivity index (χ0n) is 10.2. The third kappa shape index (κ3) is 4.61. The van der Waals surface area contributed by atoms with Crippen molar-refractivity contribution in [3.05, 3.63) is 23.5 Å². The van der Waals surface area contributed by atoms with Crippen molar-refractivity contribution in [2.75, 3.05) is 6.61 Å². The van der Waals surface area contributed by atoms with E-state index in [1.165, 1.54) is 0 Å². The Balaban J connectivity index is 2.41. The van der Waals surface area contributed by atoms with Crippen molar-refractivity contribution in [1.29, 1.82) is 0 Å². The maximum Gasteiger partial charge on any atom is 0.258 e. The fourth-order valence-electron chi connectivity index (χ4n) is 1.08. The van der Waals surface area contributed by atoms with Crippen molar-refractivity contribution in [3.8, 4) is 5.75 Å². The van der Waals surface area contributed by atoms with E-state index in [0.29, 0.717) is 11.7 Å². The molecule has 0 aliphatic rings. The largest absolute Gasteiger partial charge is 0.481 e. The Morgan fingerprint density at radius 1 is 1.53 bits per heavy atom. The molecule has 1 unspecified atom stereocenters. The molecular formula is C12H17ClN2O2. The Morgan fingerprint density at radius 3 is 2.82 bits per heavy atom. The molecule has 1 heterocycles. The molecule has 0 spiro atoms. The van der Waals surface area contributed by atoms with Crippen LogP contribution < -0.4 is 10.1 Å². The molecule has 1 aromatic rings. The number of hydrogen-bond donors (Lipinski definition) is 1. The molecule has 0 aliphatic heterocycles. The lowest BCUT2D eigenvalue weighted by molar-refractivity contribution is -0.124. The molecule has 1 amide bonds. The topological polar surface area (TPSA) is 51.2 Å². The number of ether oxygens (including phenoxy) is 1. The second-order valence-corrected chi connectivity index (χ2v) is 4.54. The van der Waals surface area contributed by atoms with E-state index >= 15 is 0 Å². The van der Waals surface area contributed by atoms with E-state index in [4.69, 9.17) is 16.3 Å². The van der Waals surface area contributed by atoms with Crippen LogP contribution >= 0.6 is 11.6 Å². The predicted molar refractivity (Wildman–Crippen MR) is 67.2 cm³/mol. The molecule has 1 rings (SSSR count). The molecule has 0 aromatic carbocycles. The van der Waals surface area contributed by atoms with Crippen LogP contribution in [0.2, 0.25) is 5.15 Å². The van der Waals surface area contributed by atoms with Crippen molar-refractivity contribution in [1.82, 2.24) is 10.3 Å². The number of halogens is 1. The van der Waals surface area contributed by atoms with Crippen molar-refractivity contribution in [3.63, 3.8) is 0 Å². The summed E-state index contributed by atoms with van der Waals surface area (Å²) in [5.41, 5.74) is 0. The zero-order chi connectivity index (χ0) is 12.8. The fraction of sp³-hybridized carbons (Fsp3) is 0.500. The van der Waals surface area contributed by atoms with Gasteiger partial charge < -0.3 is 10.1 Å². The van der Waals surface area contributed by atoms with Gasteiger partial charge in [-0.15, -0.1) is 0 Å². The molecule has 4 nitrogen and oxygen atoms in total. The highest BCUT2D eigenvalue weighted by Crippen LogP contribution is 2.19. The number of hydrogen-bond acceptors (Lipinski definition) is 3. The van der Waals surface area contributed by atoms with Gasteiger partial charge in [-0.2, -0.15) is 0 Å². The first-order chi connectivity index (χ1) is 8.00. The van der Waals surface area contributed by atoms with Crippen LogP contribution in [-0.4, -0.2) is 23.5 Å². The number of aromatic nitrogens is 1. The molecule has 17 heavy (non-hydrogen) atoms. The van der Waals surface area contributed by atoms with E-state index in [-0.39, 0.29) is 23.7 Å². The zero-order valence-corrected chi connectivity index (χ0v) is 11.0. The highest BCUT2D eigenvalue weighted by atomic mass is 35.5. The first-order valence-electron chi connectivity index (χ1n) is 5.53. The molecule has 0 bridgehead atoms. The van der Waals surface area contributed by atoms with Gasteiger partial charge in [-0.25, -0.2) is 4.98 Å². The number of nitrogens with one attached hydrogen (secondary N) is 1. The van der Waals surface area contributed by atoms with Gasteiger partial charge in [0, 0.05) is 12.2 Å². The standard InChI is InChI=1S/C12H17ClN2O2/c1-8(2)9(3)15-11(16)7-17-10-5-4-6-14-12(10)13/h4-6,8-9H,7H2,1-3H3,(H,15,16). The SMILES string of the molecule is CC(C)C(C)NC(=O)COc1cccnc1Cl. The first kappa shape index (κ1) is 13.8. The van der Waals surface area contributed by atoms with E-state index in [9.17, 15) is 4.79 Å². The third-order valence-corrected chi connectivity index (χ3v) is 2.76. The van der Waals surface area contributed by atoms with E-state index < -0.39 is 0 Å². The van der Waals surface area contributed by atoms with Crippen LogP contribution in [0.3, 0.4) is 0 Å². The van der Waals surface area contributed by atoms with Crippen molar-refractivity contribution in [2.24, 2.45) is 5.92 Å². The molecule has 94 valence electrons. The Hall–Kier alpha value is -1.29. The molecule has 0 radical (unpaired) electrons. The van der Waals surface area contributed by atoms with Gasteiger partial charge in [0.05, 0.1) is 0 Å². The van der Waals surface area contributed by atoms with Gasteiger partial charge in [-0.1, -0.05) is 25.4 Å². The quantitative estimate of drug-likeness (QED) is 0.823. The number of amides is 1. The predicted octanol–water partition coefficient (Wildman–Crippen LogP) is 2.27. The summed E-state index contributed by atoms with van der Waals surface area (Å²) in [6.07, 6.45) is 1.57. The van der Waals surface area contributed by atoms with E-state index in [1.807, 2.05) is 20.8 Å². The number of carbonyl (C=O) groups excluding carboxylic acids is 1. The summed E-state index contributed by atoms with van der Waals surface area (Å²) in [5, 5.41) is 3.10. The third-order valence-electron chi connectivity index (χ3n) is 2.47. The van der Waals surface area contributed by atoms with E-state index in [2.05, 4.69) is 10.3 Å². The molecule has 5 heteroatoms. The van der Waals surface area contributed by atoms with Gasteiger partial charge in [-0.3, -0.25) is 4.79 Å². The number of carbonyl (C=O) groups is 1. The van der Waals surface area contributed by atoms with Crippen molar-refractivity contribution in [2.45, 2.75) is 26.8 Å². The van der Waals surface area contributed by atoms with E-state index in [0.717, 1.165) is 0 Å². The first-order valence-corrected chi connectivity index (χ1v) is 5.91. The summed E-state index contributed by atoms with van der Waals surface area (Å²) in [4.78, 5) is 15.4. The summed E-state index contributed by atoms with van der Waals surface area (Å²) in [5.74, 6) is 0.647. The molecule has 0 saturated carbocycles. The van der Waals surface area contributed by atoms with Crippen LogP contribution in [0.15, 0.2) is 18.3 Å². The van der Waals surface area contributed by atoms with Gasteiger partial charge in [0.15, 0.2) is 17.5 Å². The normalized spacial score (nSPS) is 12.3. The summed E-state index contributed by atoms with van der Waals surface area (Å²) in [7, 11) is 0. The lowest BCUT2D eigenvalue weighted by Gasteiger charge is -2.17. The Bertz CT molecular complexity index is 383. The molecule has 0 fully saturated rings. The summed E-state index contributed by atoms with van der Waals surface area (Å²) in [6, 6.07) is 3.50. The van der Waals surface area contributed by atoms with Crippen LogP contribution in [0.25, 0.3) is 0 Å². The lowest BCUT2D eigenvalue weighted by atomic mass is 10.1. The molecule has 0 aliphatic carbocycles.